The van der Waals surface area contributed by atoms with Crippen LogP contribution in [0.4, 0.5) is 22.0 Å². The highest BCUT2D eigenvalue weighted by atomic mass is 19.4. The highest BCUT2D eigenvalue weighted by Gasteiger charge is 2.44. The van der Waals surface area contributed by atoms with E-state index in [0.29, 0.717) is 18.4 Å². The van der Waals surface area contributed by atoms with Crippen LogP contribution in [0.15, 0.2) is 36.5 Å². The van der Waals surface area contributed by atoms with Crippen molar-refractivity contribution >= 4 is 0 Å². The zero-order chi connectivity index (χ0) is 24.3. The molecule has 2 atom stereocenters. The van der Waals surface area contributed by atoms with Gasteiger partial charge in [-0.2, -0.15) is 18.3 Å². The average Bonchev–Trinajstić information content (AvgIpc) is 3.30. The summed E-state index contributed by atoms with van der Waals surface area (Å²) in [5.41, 5.74) is -0.226. The first-order valence-electron chi connectivity index (χ1n) is 10.4. The van der Waals surface area contributed by atoms with Crippen LogP contribution >= 0.6 is 0 Å². The van der Waals surface area contributed by atoms with Gasteiger partial charge in [0.05, 0.1) is 17.5 Å². The Labute approximate surface area is 189 Å². The molecule has 7 nitrogen and oxygen atoms in total. The third-order valence-corrected chi connectivity index (χ3v) is 5.67. The second-order valence-electron chi connectivity index (χ2n) is 8.02. The molecule has 0 spiro atoms. The Kier molecular flexibility index (Phi) is 5.15. The van der Waals surface area contributed by atoms with E-state index in [1.54, 1.807) is 6.92 Å². The van der Waals surface area contributed by atoms with E-state index in [0.717, 1.165) is 4.68 Å². The second-order valence-corrected chi connectivity index (χ2v) is 8.02. The maximum Gasteiger partial charge on any atom is 0.586 e. The molecular formula is C22H18F5N3O4. The van der Waals surface area contributed by atoms with E-state index >= 15 is 0 Å². The molecule has 0 fully saturated rings. The number of aromatic nitrogens is 3. The van der Waals surface area contributed by atoms with Gasteiger partial charge >= 0.3 is 12.5 Å². The Morgan fingerprint density at radius 2 is 1.94 bits per heavy atom. The van der Waals surface area contributed by atoms with E-state index < -0.39 is 30.4 Å². The van der Waals surface area contributed by atoms with Crippen LogP contribution in [0.2, 0.25) is 0 Å². The Balaban J connectivity index is 1.44. The number of alkyl halides is 5. The summed E-state index contributed by atoms with van der Waals surface area (Å²) in [6, 6.07) is 7.04. The van der Waals surface area contributed by atoms with Crippen LogP contribution in [0.25, 0.3) is 5.69 Å². The fraction of sp³-hybridized carbons (Fsp3) is 0.364. The lowest BCUT2D eigenvalue weighted by Crippen LogP contribution is -2.25. The summed E-state index contributed by atoms with van der Waals surface area (Å²) in [5, 5.41) is 14.2. The summed E-state index contributed by atoms with van der Waals surface area (Å²) in [6.07, 6.45) is -7.92. The predicted molar refractivity (Wildman–Crippen MR) is 106 cm³/mol. The molecule has 1 aromatic carbocycles. The maximum absolute atomic E-state index is 13.6. The first-order valence-corrected chi connectivity index (χ1v) is 10.4. The number of nitrogens with zero attached hydrogens (tertiary/aromatic N) is 3. The van der Waals surface area contributed by atoms with Gasteiger partial charge in [0.2, 0.25) is 5.88 Å². The van der Waals surface area contributed by atoms with Crippen molar-refractivity contribution < 1.29 is 41.3 Å². The molecule has 1 aliphatic carbocycles. The van der Waals surface area contributed by atoms with Crippen molar-refractivity contribution in [3.63, 3.8) is 0 Å². The summed E-state index contributed by atoms with van der Waals surface area (Å²) in [5.74, 6) is -0.184. The molecule has 3 aromatic rings. The fourth-order valence-electron chi connectivity index (χ4n) is 4.15. The monoisotopic (exact) mass is 483 g/mol. The number of hydrogen-bond acceptors (Lipinski definition) is 6. The van der Waals surface area contributed by atoms with Gasteiger partial charge in [-0.3, -0.25) is 0 Å². The van der Waals surface area contributed by atoms with Gasteiger partial charge in [-0.15, -0.1) is 8.78 Å². The summed E-state index contributed by atoms with van der Waals surface area (Å²) in [4.78, 5) is 4.09. The minimum Gasteiger partial charge on any atom is -0.470 e. The first kappa shape index (κ1) is 22.4. The molecule has 0 amide bonds. The normalized spacial score (nSPS) is 19.6. The highest BCUT2D eigenvalue weighted by molar-refractivity contribution is 5.46. The van der Waals surface area contributed by atoms with Crippen molar-refractivity contribution in [3.8, 4) is 23.1 Å². The lowest BCUT2D eigenvalue weighted by molar-refractivity contribution is -0.286. The molecule has 34 heavy (non-hydrogen) atoms. The quantitative estimate of drug-likeness (QED) is 0.520. The topological polar surface area (TPSA) is 78.6 Å². The van der Waals surface area contributed by atoms with Crippen LogP contribution in [0, 0.1) is 0 Å². The Bertz CT molecular complexity index is 1240. The van der Waals surface area contributed by atoms with E-state index in [1.165, 1.54) is 36.5 Å². The van der Waals surface area contributed by atoms with Crippen molar-refractivity contribution in [1.82, 2.24) is 14.8 Å². The summed E-state index contributed by atoms with van der Waals surface area (Å²) in [6.45, 7) is 1.64. The molecule has 2 aliphatic rings. The van der Waals surface area contributed by atoms with Crippen LogP contribution in [-0.2, 0) is 12.6 Å². The van der Waals surface area contributed by atoms with Gasteiger partial charge in [0.15, 0.2) is 17.2 Å². The molecule has 180 valence electrons. The molecule has 0 radical (unpaired) electrons. The largest absolute Gasteiger partial charge is 0.586 e. The van der Waals surface area contributed by atoms with Gasteiger partial charge in [-0.1, -0.05) is 6.07 Å². The summed E-state index contributed by atoms with van der Waals surface area (Å²) in [7, 11) is 0. The molecule has 0 saturated carbocycles. The standard InChI is InChI=1S/C22H18F5N3O4/c1-11(12-5-6-16-17(9-12)34-22(26,27)33-16)32-18-10-13(7-8-28-18)30-19-14(3-2-4-15(19)31)20(29-30)21(23,24)25/h5-11,15,31H,2-4H2,1H3. The van der Waals surface area contributed by atoms with Gasteiger partial charge in [0, 0.05) is 17.8 Å². The molecule has 3 heterocycles. The van der Waals surface area contributed by atoms with Crippen molar-refractivity contribution in [1.29, 1.82) is 0 Å². The highest BCUT2D eigenvalue weighted by Crippen LogP contribution is 2.43. The van der Waals surface area contributed by atoms with Crippen molar-refractivity contribution in [3.05, 3.63) is 59.0 Å². The third kappa shape index (κ3) is 4.02. The van der Waals surface area contributed by atoms with Crippen molar-refractivity contribution in [2.45, 2.75) is 50.9 Å². The molecule has 1 N–H and O–H groups in total. The number of halogens is 5. The smallest absolute Gasteiger partial charge is 0.470 e. The summed E-state index contributed by atoms with van der Waals surface area (Å²) >= 11 is 0. The molecule has 2 unspecified atom stereocenters. The minimum absolute atomic E-state index is 0.0175. The number of aliphatic hydroxyl groups is 1. The lowest BCUT2D eigenvalue weighted by atomic mass is 9.93. The number of pyridine rings is 1. The lowest BCUT2D eigenvalue weighted by Gasteiger charge is -2.20. The molecule has 0 bridgehead atoms. The molecule has 2 aromatic heterocycles. The van der Waals surface area contributed by atoms with Crippen LogP contribution < -0.4 is 14.2 Å². The van der Waals surface area contributed by atoms with Crippen LogP contribution in [0.1, 0.15) is 54.5 Å². The SMILES string of the molecule is CC(Oc1cc(-n2nc(C(F)(F)F)c3c2C(O)CCC3)ccn1)c1ccc2c(c1)OC(F)(F)O2. The Hall–Kier alpha value is -3.41. The number of fused-ring (bicyclic) bond motifs is 2. The van der Waals surface area contributed by atoms with Crippen LogP contribution in [-0.4, -0.2) is 26.2 Å². The fourth-order valence-corrected chi connectivity index (χ4v) is 4.15. The number of benzene rings is 1. The van der Waals surface area contributed by atoms with E-state index in [-0.39, 0.29) is 40.7 Å². The molecule has 1 aliphatic heterocycles. The zero-order valence-corrected chi connectivity index (χ0v) is 17.6. The van der Waals surface area contributed by atoms with E-state index in [2.05, 4.69) is 19.6 Å². The van der Waals surface area contributed by atoms with E-state index in [9.17, 15) is 27.1 Å². The number of rotatable bonds is 4. The maximum atomic E-state index is 13.6. The van der Waals surface area contributed by atoms with Crippen LogP contribution in [0.3, 0.4) is 0 Å². The number of ether oxygens (including phenoxy) is 3. The Morgan fingerprint density at radius 3 is 2.71 bits per heavy atom. The molecule has 5 rings (SSSR count). The number of aliphatic hydroxyl groups excluding tert-OH is 1. The first-order chi connectivity index (χ1) is 16.0. The van der Waals surface area contributed by atoms with Crippen molar-refractivity contribution in [2.24, 2.45) is 0 Å². The summed E-state index contributed by atoms with van der Waals surface area (Å²) < 4.78 is 82.9. The van der Waals surface area contributed by atoms with E-state index in [1.807, 2.05) is 0 Å². The molecule has 0 saturated heterocycles. The average molecular weight is 483 g/mol. The second kappa shape index (κ2) is 7.83. The minimum atomic E-state index is -4.66. The van der Waals surface area contributed by atoms with Gasteiger partial charge in [-0.25, -0.2) is 9.67 Å². The third-order valence-electron chi connectivity index (χ3n) is 5.67. The predicted octanol–water partition coefficient (Wildman–Crippen LogP) is 5.12. The molecular weight excluding hydrogens is 465 g/mol. The van der Waals surface area contributed by atoms with Gasteiger partial charge in [0.1, 0.15) is 6.10 Å². The van der Waals surface area contributed by atoms with Gasteiger partial charge in [-0.05, 0) is 49.9 Å². The van der Waals surface area contributed by atoms with Crippen molar-refractivity contribution in [2.75, 3.05) is 0 Å². The van der Waals surface area contributed by atoms with E-state index in [4.69, 9.17) is 4.74 Å². The zero-order valence-electron chi connectivity index (χ0n) is 17.6. The number of hydrogen-bond donors (Lipinski definition) is 1. The van der Waals surface area contributed by atoms with Gasteiger partial charge in [0.25, 0.3) is 0 Å². The molecule has 12 heteroatoms. The van der Waals surface area contributed by atoms with Gasteiger partial charge < -0.3 is 19.3 Å². The Morgan fingerprint density at radius 1 is 1.18 bits per heavy atom. The van der Waals surface area contributed by atoms with Crippen LogP contribution in [0.5, 0.6) is 17.4 Å².